The molecule has 50 heavy (non-hydrogen) atoms. The Labute approximate surface area is 292 Å². The molecule has 256 valence electrons. The van der Waals surface area contributed by atoms with Gasteiger partial charge in [0.2, 0.25) is 0 Å². The Bertz CT molecular complexity index is 2120. The molecule has 0 saturated carbocycles. The van der Waals surface area contributed by atoms with Gasteiger partial charge in [0.25, 0.3) is 0 Å². The fourth-order valence-corrected chi connectivity index (χ4v) is 6.94. The van der Waals surface area contributed by atoms with Crippen LogP contribution < -0.4 is 10.6 Å². The lowest BCUT2D eigenvalue weighted by atomic mass is 9.83. The SMILES string of the molecule is C(=CC1CC2CCN1CC2)c1cnc2ccoc2c1.C(=CC1CCN1)c1cnc2ccoc2c1.CC1(C=Cc2cnc3ccoc3c2)CCN1. The summed E-state index contributed by atoms with van der Waals surface area (Å²) in [6.07, 6.45) is 30.3. The van der Waals surface area contributed by atoms with Crippen LogP contribution in [0.4, 0.5) is 0 Å². The van der Waals surface area contributed by atoms with Crippen LogP contribution in [0.5, 0.6) is 0 Å². The smallest absolute Gasteiger partial charge is 0.152 e. The number of aromatic nitrogens is 3. The molecule has 9 nitrogen and oxygen atoms in total. The van der Waals surface area contributed by atoms with E-state index in [1.54, 1.807) is 18.8 Å². The summed E-state index contributed by atoms with van der Waals surface area (Å²) in [5, 5.41) is 6.71. The highest BCUT2D eigenvalue weighted by Gasteiger charge is 2.31. The third-order valence-corrected chi connectivity index (χ3v) is 10.4. The van der Waals surface area contributed by atoms with Crippen molar-refractivity contribution >= 4 is 51.5 Å². The predicted molar refractivity (Wildman–Crippen MR) is 199 cm³/mol. The van der Waals surface area contributed by atoms with Crippen molar-refractivity contribution < 1.29 is 13.3 Å². The molecule has 0 spiro atoms. The number of pyridine rings is 3. The average Bonchev–Trinajstić information content (AvgIpc) is 3.90. The van der Waals surface area contributed by atoms with Gasteiger partial charge < -0.3 is 23.9 Å². The van der Waals surface area contributed by atoms with Crippen LogP contribution in [0.3, 0.4) is 0 Å². The van der Waals surface area contributed by atoms with Crippen LogP contribution in [-0.2, 0) is 0 Å². The molecule has 11 rings (SSSR count). The summed E-state index contributed by atoms with van der Waals surface area (Å²) in [7, 11) is 0. The van der Waals surface area contributed by atoms with Gasteiger partial charge in [-0.2, -0.15) is 0 Å². The Hall–Kier alpha value is -4.83. The second-order valence-electron chi connectivity index (χ2n) is 14.0. The molecule has 3 unspecified atom stereocenters. The van der Waals surface area contributed by atoms with Crippen LogP contribution in [0.1, 0.15) is 55.7 Å². The van der Waals surface area contributed by atoms with E-state index in [0.29, 0.717) is 12.1 Å². The van der Waals surface area contributed by atoms with Gasteiger partial charge in [0.15, 0.2) is 16.7 Å². The molecule has 0 aliphatic carbocycles. The number of nitrogens with one attached hydrogen (secondary N) is 2. The molecule has 0 aromatic carbocycles. The van der Waals surface area contributed by atoms with Crippen LogP contribution in [0.25, 0.3) is 51.5 Å². The quantitative estimate of drug-likeness (QED) is 0.182. The lowest BCUT2D eigenvalue weighted by Gasteiger charge is -2.44. The van der Waals surface area contributed by atoms with Crippen LogP contribution in [0.2, 0.25) is 0 Å². The minimum atomic E-state index is 0.165. The largest absolute Gasteiger partial charge is 0.463 e. The molecule has 9 heteroatoms. The van der Waals surface area contributed by atoms with Crippen molar-refractivity contribution in [1.82, 2.24) is 30.5 Å². The molecule has 6 aromatic rings. The molecule has 11 heterocycles. The molecule has 2 bridgehead atoms. The molecule has 5 aliphatic rings. The van der Waals surface area contributed by atoms with Gasteiger partial charge in [-0.25, -0.2) is 0 Å². The van der Waals surface area contributed by atoms with E-state index < -0.39 is 0 Å². The van der Waals surface area contributed by atoms with E-state index in [1.807, 2.05) is 48.9 Å². The lowest BCUT2D eigenvalue weighted by molar-refractivity contribution is 0.0740. The second-order valence-corrected chi connectivity index (χ2v) is 14.0. The van der Waals surface area contributed by atoms with Gasteiger partial charge in [-0.15, -0.1) is 0 Å². The minimum Gasteiger partial charge on any atom is -0.463 e. The monoisotopic (exact) mass is 668 g/mol. The normalized spacial score (nSPS) is 25.9. The molecule has 5 aliphatic heterocycles. The van der Waals surface area contributed by atoms with Crippen molar-refractivity contribution in [3.05, 3.63) is 109 Å². The molecule has 3 atom stereocenters. The van der Waals surface area contributed by atoms with Gasteiger partial charge in [0, 0.05) is 54.4 Å². The fraction of sp³-hybridized carbons (Fsp3) is 0.341. The van der Waals surface area contributed by atoms with E-state index in [2.05, 4.69) is 79.9 Å². The topological polar surface area (TPSA) is 105 Å². The highest BCUT2D eigenvalue weighted by molar-refractivity contribution is 5.76. The molecule has 6 aromatic heterocycles. The molecule has 5 saturated heterocycles. The van der Waals surface area contributed by atoms with Crippen molar-refractivity contribution in [1.29, 1.82) is 0 Å². The minimum absolute atomic E-state index is 0.165. The van der Waals surface area contributed by atoms with E-state index in [1.165, 1.54) is 45.2 Å². The fourth-order valence-electron chi connectivity index (χ4n) is 6.94. The molecular weight excluding hydrogens is 624 g/mol. The Kier molecular flexibility index (Phi) is 9.43. The first kappa shape index (κ1) is 32.4. The van der Waals surface area contributed by atoms with Gasteiger partial charge in [0.05, 0.1) is 18.8 Å². The summed E-state index contributed by atoms with van der Waals surface area (Å²) in [5.74, 6) is 0.949. The number of piperidine rings is 3. The number of furan rings is 3. The summed E-state index contributed by atoms with van der Waals surface area (Å²) in [6, 6.07) is 12.9. The number of rotatable bonds is 6. The third-order valence-electron chi connectivity index (χ3n) is 10.4. The predicted octanol–water partition coefficient (Wildman–Crippen LogP) is 8.12. The molecule has 0 amide bonds. The highest BCUT2D eigenvalue weighted by Crippen LogP contribution is 2.32. The van der Waals surface area contributed by atoms with Crippen LogP contribution >= 0.6 is 0 Å². The van der Waals surface area contributed by atoms with Crippen LogP contribution in [0, 0.1) is 5.92 Å². The summed E-state index contributed by atoms with van der Waals surface area (Å²) >= 11 is 0. The maximum absolute atomic E-state index is 5.39. The first-order valence-electron chi connectivity index (χ1n) is 17.8. The summed E-state index contributed by atoms with van der Waals surface area (Å²) in [5.41, 5.74) is 8.77. The van der Waals surface area contributed by atoms with Crippen LogP contribution in [0.15, 0.2) is 105 Å². The van der Waals surface area contributed by atoms with Crippen molar-refractivity contribution in [2.45, 2.75) is 56.7 Å². The van der Waals surface area contributed by atoms with Gasteiger partial charge in [-0.05, 0) is 106 Å². The van der Waals surface area contributed by atoms with Crippen molar-refractivity contribution in [3.8, 4) is 0 Å². The van der Waals surface area contributed by atoms with Crippen molar-refractivity contribution in [2.75, 3.05) is 26.2 Å². The third kappa shape index (κ3) is 7.65. The second kappa shape index (κ2) is 14.6. The maximum atomic E-state index is 5.39. The highest BCUT2D eigenvalue weighted by atomic mass is 16.3. The van der Waals surface area contributed by atoms with Crippen LogP contribution in [-0.4, -0.2) is 63.7 Å². The molecule has 0 radical (unpaired) electrons. The first-order chi connectivity index (χ1) is 24.5. The number of nitrogens with zero attached hydrogens (tertiary/aromatic N) is 4. The summed E-state index contributed by atoms with van der Waals surface area (Å²) in [6.45, 7) is 6.98. The van der Waals surface area contributed by atoms with E-state index >= 15 is 0 Å². The van der Waals surface area contributed by atoms with Crippen molar-refractivity contribution in [3.63, 3.8) is 0 Å². The van der Waals surface area contributed by atoms with Gasteiger partial charge in [-0.1, -0.05) is 36.5 Å². The van der Waals surface area contributed by atoms with E-state index in [-0.39, 0.29) is 5.54 Å². The zero-order valence-corrected chi connectivity index (χ0v) is 28.5. The molecule has 5 fully saturated rings. The standard InChI is InChI=1S/C16H18N2O.C13H14N2O.C12H12N2O/c1(2-14-9-12-3-6-18(14)7-4-12)13-10-16-15(17-11-13)5-8-19-16;1-13(5-6-15-13)4-2-10-8-12-11(14-9-10)3-7-16-12;1(2-10-3-5-13-10)9-7-12-11(14-8-9)4-6-15-12/h1-2,5,8,10-12,14H,3-4,6-7,9H2;2-4,7-9,15H,5-6H2,1H3;1-2,4,6-8,10,13H,3,5H2. The number of fused-ring (bicyclic) bond motifs is 6. The zero-order chi connectivity index (χ0) is 33.8. The van der Waals surface area contributed by atoms with Gasteiger partial charge >= 0.3 is 0 Å². The van der Waals surface area contributed by atoms with E-state index in [9.17, 15) is 0 Å². The van der Waals surface area contributed by atoms with Gasteiger partial charge in [0.1, 0.15) is 16.6 Å². The zero-order valence-electron chi connectivity index (χ0n) is 28.5. The Morgan fingerprint density at radius 2 is 1.24 bits per heavy atom. The molecule has 2 N–H and O–H groups in total. The van der Waals surface area contributed by atoms with Crippen molar-refractivity contribution in [2.24, 2.45) is 5.92 Å². The van der Waals surface area contributed by atoms with E-state index in [4.69, 9.17) is 13.3 Å². The summed E-state index contributed by atoms with van der Waals surface area (Å²) in [4.78, 5) is 15.6. The number of hydrogen-bond acceptors (Lipinski definition) is 9. The van der Waals surface area contributed by atoms with Gasteiger partial charge in [-0.3, -0.25) is 19.9 Å². The lowest BCUT2D eigenvalue weighted by Crippen LogP contribution is -2.52. The Morgan fingerprint density at radius 1 is 0.720 bits per heavy atom. The number of hydrogen-bond donors (Lipinski definition) is 2. The summed E-state index contributed by atoms with van der Waals surface area (Å²) < 4.78 is 16.0. The Balaban J connectivity index is 0.000000109. The first-order valence-corrected chi connectivity index (χ1v) is 17.8. The van der Waals surface area contributed by atoms with E-state index in [0.717, 1.165) is 69.0 Å². The Morgan fingerprint density at radius 3 is 1.68 bits per heavy atom. The molecular formula is C41H44N6O3. The maximum Gasteiger partial charge on any atom is 0.152 e. The average molecular weight is 669 g/mol.